The summed E-state index contributed by atoms with van der Waals surface area (Å²) < 4.78 is 13.0. The lowest BCUT2D eigenvalue weighted by Gasteiger charge is -2.34. The molecule has 1 aliphatic carbocycles. The third-order valence-corrected chi connectivity index (χ3v) is 6.92. The van der Waals surface area contributed by atoms with Gasteiger partial charge in [0.15, 0.2) is 5.69 Å². The molecule has 7 nitrogen and oxygen atoms in total. The van der Waals surface area contributed by atoms with E-state index >= 15 is 0 Å². The molecule has 1 saturated carbocycles. The van der Waals surface area contributed by atoms with Crippen LogP contribution >= 0.6 is 0 Å². The first-order valence-corrected chi connectivity index (χ1v) is 11.2. The van der Waals surface area contributed by atoms with Crippen LogP contribution in [0.2, 0.25) is 0 Å². The number of amides is 1. The van der Waals surface area contributed by atoms with Gasteiger partial charge in [0, 0.05) is 31.1 Å². The first kappa shape index (κ1) is 21.1. The van der Waals surface area contributed by atoms with Crippen molar-refractivity contribution in [1.29, 1.82) is 0 Å². The normalized spacial score (nSPS) is 25.4. The highest BCUT2D eigenvalue weighted by atomic mass is 16.5. The van der Waals surface area contributed by atoms with Crippen molar-refractivity contribution in [2.75, 3.05) is 40.0 Å². The van der Waals surface area contributed by atoms with Gasteiger partial charge < -0.3 is 14.8 Å². The van der Waals surface area contributed by atoms with Gasteiger partial charge in [0.05, 0.1) is 26.9 Å². The second-order valence-electron chi connectivity index (χ2n) is 8.73. The SMILES string of the molecule is COc1cccc2c(C(=O)NC3CCCC(C)C3C)nn(CCN3CCOCC3)c12. The molecule has 3 unspecified atom stereocenters. The molecule has 3 atom stereocenters. The first-order valence-electron chi connectivity index (χ1n) is 11.2. The van der Waals surface area contributed by atoms with Crippen molar-refractivity contribution in [1.82, 2.24) is 20.0 Å². The average Bonchev–Trinajstić information content (AvgIpc) is 3.15. The van der Waals surface area contributed by atoms with Crippen LogP contribution in [0.25, 0.3) is 10.9 Å². The number of carbonyl (C=O) groups is 1. The molecule has 2 fully saturated rings. The quantitative estimate of drug-likeness (QED) is 0.787. The maximum Gasteiger partial charge on any atom is 0.272 e. The van der Waals surface area contributed by atoms with Crippen molar-refractivity contribution >= 4 is 16.8 Å². The van der Waals surface area contributed by atoms with Crippen LogP contribution in [0.15, 0.2) is 18.2 Å². The summed E-state index contributed by atoms with van der Waals surface area (Å²) in [6.45, 7) is 9.52. The Morgan fingerprint density at radius 3 is 2.80 bits per heavy atom. The number of benzene rings is 1. The smallest absolute Gasteiger partial charge is 0.272 e. The molecule has 1 aromatic heterocycles. The minimum atomic E-state index is -0.0793. The lowest BCUT2D eigenvalue weighted by Crippen LogP contribution is -2.43. The molecule has 1 N–H and O–H groups in total. The number of morpholine rings is 1. The zero-order chi connectivity index (χ0) is 21.1. The number of ether oxygens (including phenoxy) is 2. The minimum absolute atomic E-state index is 0.0793. The standard InChI is InChI=1S/C23H34N4O3/c1-16-6-4-8-19(17(16)2)24-23(28)21-18-7-5-9-20(29-3)22(18)27(25-21)11-10-26-12-14-30-15-13-26/h5,7,9,16-17,19H,4,6,8,10-15H2,1-3H3,(H,24,28). The van der Waals surface area contributed by atoms with E-state index in [0.717, 1.165) is 55.9 Å². The molecular weight excluding hydrogens is 380 g/mol. The molecule has 1 aliphatic heterocycles. The molecule has 2 aromatic rings. The van der Waals surface area contributed by atoms with E-state index in [9.17, 15) is 4.79 Å². The van der Waals surface area contributed by atoms with Crippen molar-refractivity contribution in [3.63, 3.8) is 0 Å². The highest BCUT2D eigenvalue weighted by Crippen LogP contribution is 2.31. The molecule has 0 radical (unpaired) electrons. The summed E-state index contributed by atoms with van der Waals surface area (Å²) >= 11 is 0. The van der Waals surface area contributed by atoms with Crippen molar-refractivity contribution in [3.8, 4) is 5.75 Å². The fourth-order valence-corrected chi connectivity index (χ4v) is 4.78. The van der Waals surface area contributed by atoms with E-state index in [4.69, 9.17) is 14.6 Å². The number of nitrogens with one attached hydrogen (secondary N) is 1. The van der Waals surface area contributed by atoms with E-state index in [2.05, 4.69) is 24.1 Å². The topological polar surface area (TPSA) is 68.6 Å². The molecule has 1 aromatic carbocycles. The molecule has 2 heterocycles. The Morgan fingerprint density at radius 2 is 2.03 bits per heavy atom. The van der Waals surface area contributed by atoms with Gasteiger partial charge in [-0.2, -0.15) is 5.10 Å². The van der Waals surface area contributed by atoms with Gasteiger partial charge in [0.1, 0.15) is 11.3 Å². The van der Waals surface area contributed by atoms with Gasteiger partial charge in [0.25, 0.3) is 5.91 Å². The van der Waals surface area contributed by atoms with Gasteiger partial charge in [-0.3, -0.25) is 14.4 Å². The van der Waals surface area contributed by atoms with Gasteiger partial charge in [0.2, 0.25) is 0 Å². The van der Waals surface area contributed by atoms with E-state index in [1.807, 2.05) is 22.9 Å². The molecule has 7 heteroatoms. The third kappa shape index (κ3) is 4.32. The predicted molar refractivity (Wildman–Crippen MR) is 117 cm³/mol. The number of carbonyl (C=O) groups excluding carboxylic acids is 1. The Balaban J connectivity index is 1.58. The average molecular weight is 415 g/mol. The third-order valence-electron chi connectivity index (χ3n) is 6.92. The van der Waals surface area contributed by atoms with E-state index in [1.54, 1.807) is 7.11 Å². The summed E-state index contributed by atoms with van der Waals surface area (Å²) in [5.41, 5.74) is 1.39. The van der Waals surface area contributed by atoms with E-state index in [-0.39, 0.29) is 11.9 Å². The predicted octanol–water partition coefficient (Wildman–Crippen LogP) is 2.93. The zero-order valence-corrected chi connectivity index (χ0v) is 18.4. The lowest BCUT2D eigenvalue weighted by atomic mass is 9.78. The van der Waals surface area contributed by atoms with E-state index in [1.165, 1.54) is 12.8 Å². The zero-order valence-electron chi connectivity index (χ0n) is 18.4. The number of para-hydroxylation sites is 1. The maximum atomic E-state index is 13.2. The van der Waals surface area contributed by atoms with E-state index in [0.29, 0.717) is 24.1 Å². The molecular formula is C23H34N4O3. The number of hydrogen-bond acceptors (Lipinski definition) is 5. The lowest BCUT2D eigenvalue weighted by molar-refractivity contribution is 0.0361. The minimum Gasteiger partial charge on any atom is -0.494 e. The number of hydrogen-bond donors (Lipinski definition) is 1. The van der Waals surface area contributed by atoms with Crippen molar-refractivity contribution in [3.05, 3.63) is 23.9 Å². The monoisotopic (exact) mass is 414 g/mol. The van der Waals surface area contributed by atoms with Gasteiger partial charge in [-0.05, 0) is 24.3 Å². The highest BCUT2D eigenvalue weighted by molar-refractivity contribution is 6.06. The van der Waals surface area contributed by atoms with Crippen LogP contribution in [-0.2, 0) is 11.3 Å². The number of aromatic nitrogens is 2. The molecule has 1 saturated heterocycles. The van der Waals surface area contributed by atoms with Crippen LogP contribution in [0.1, 0.15) is 43.6 Å². The highest BCUT2D eigenvalue weighted by Gasteiger charge is 2.30. The Hall–Kier alpha value is -2.12. The van der Waals surface area contributed by atoms with E-state index < -0.39 is 0 Å². The number of rotatable bonds is 6. The molecule has 2 aliphatic rings. The van der Waals surface area contributed by atoms with Gasteiger partial charge in [-0.1, -0.05) is 38.8 Å². The second-order valence-corrected chi connectivity index (χ2v) is 8.73. The maximum absolute atomic E-state index is 13.2. The summed E-state index contributed by atoms with van der Waals surface area (Å²) in [6, 6.07) is 6.04. The molecule has 0 bridgehead atoms. The summed E-state index contributed by atoms with van der Waals surface area (Å²) in [7, 11) is 1.67. The Labute approximate surface area is 178 Å². The summed E-state index contributed by atoms with van der Waals surface area (Å²) in [6.07, 6.45) is 3.44. The fraction of sp³-hybridized carbons (Fsp3) is 0.652. The van der Waals surface area contributed by atoms with Crippen LogP contribution in [-0.4, -0.2) is 66.6 Å². The summed E-state index contributed by atoms with van der Waals surface area (Å²) in [5, 5.41) is 8.89. The Bertz CT molecular complexity index is 875. The Kier molecular flexibility index (Phi) is 6.58. The van der Waals surface area contributed by atoms with Crippen LogP contribution in [0.3, 0.4) is 0 Å². The largest absolute Gasteiger partial charge is 0.494 e. The molecule has 0 spiro atoms. The van der Waals surface area contributed by atoms with Crippen LogP contribution < -0.4 is 10.1 Å². The van der Waals surface area contributed by atoms with Gasteiger partial charge in [-0.25, -0.2) is 0 Å². The number of fused-ring (bicyclic) bond motifs is 1. The van der Waals surface area contributed by atoms with Crippen molar-refractivity contribution in [2.24, 2.45) is 11.8 Å². The summed E-state index contributed by atoms with van der Waals surface area (Å²) in [4.78, 5) is 15.6. The van der Waals surface area contributed by atoms with Crippen molar-refractivity contribution in [2.45, 2.75) is 45.7 Å². The number of nitrogens with zero attached hydrogens (tertiary/aromatic N) is 3. The second kappa shape index (κ2) is 9.35. The number of methoxy groups -OCH3 is 1. The van der Waals surface area contributed by atoms with Crippen LogP contribution in [0, 0.1) is 11.8 Å². The molecule has 30 heavy (non-hydrogen) atoms. The molecule has 164 valence electrons. The van der Waals surface area contributed by atoms with Gasteiger partial charge in [-0.15, -0.1) is 0 Å². The van der Waals surface area contributed by atoms with Crippen LogP contribution in [0.4, 0.5) is 0 Å². The van der Waals surface area contributed by atoms with Gasteiger partial charge >= 0.3 is 0 Å². The first-order chi connectivity index (χ1) is 14.6. The fourth-order valence-electron chi connectivity index (χ4n) is 4.78. The Morgan fingerprint density at radius 1 is 1.23 bits per heavy atom. The van der Waals surface area contributed by atoms with Crippen molar-refractivity contribution < 1.29 is 14.3 Å². The summed E-state index contributed by atoms with van der Waals surface area (Å²) in [5.74, 6) is 1.78. The molecule has 1 amide bonds. The molecule has 4 rings (SSSR count). The van der Waals surface area contributed by atoms with Crippen LogP contribution in [0.5, 0.6) is 5.75 Å².